The third kappa shape index (κ3) is 6.60. The Labute approximate surface area is 176 Å². The molecule has 3 rings (SSSR count). The number of rotatable bonds is 6. The van der Waals surface area contributed by atoms with Crippen molar-refractivity contribution in [3.05, 3.63) is 95.6 Å². The van der Waals surface area contributed by atoms with Crippen molar-refractivity contribution in [3.8, 4) is 5.75 Å². The molecule has 0 saturated carbocycles. The van der Waals surface area contributed by atoms with Crippen molar-refractivity contribution in [1.29, 1.82) is 0 Å². The van der Waals surface area contributed by atoms with Crippen molar-refractivity contribution in [2.24, 2.45) is 0 Å². The number of ether oxygens (including phenoxy) is 1. The summed E-state index contributed by atoms with van der Waals surface area (Å²) in [5.41, 5.74) is 1.04. The number of halogens is 3. The van der Waals surface area contributed by atoms with Crippen LogP contribution in [0.3, 0.4) is 0 Å². The van der Waals surface area contributed by atoms with Gasteiger partial charge in [-0.2, -0.15) is 13.2 Å². The van der Waals surface area contributed by atoms with E-state index in [9.17, 15) is 22.8 Å². The summed E-state index contributed by atoms with van der Waals surface area (Å²) in [7, 11) is 0. The maximum atomic E-state index is 12.6. The Hall–Kier alpha value is -3.81. The highest BCUT2D eigenvalue weighted by atomic mass is 19.4. The van der Waals surface area contributed by atoms with Crippen LogP contribution in [0.4, 0.5) is 18.9 Å². The topological polar surface area (TPSA) is 67.4 Å². The van der Waals surface area contributed by atoms with Gasteiger partial charge in [0.15, 0.2) is 0 Å². The van der Waals surface area contributed by atoms with Crippen LogP contribution in [0.2, 0.25) is 0 Å². The van der Waals surface area contributed by atoms with Crippen LogP contribution < -0.4 is 15.4 Å². The lowest BCUT2D eigenvalue weighted by Crippen LogP contribution is -2.34. The largest absolute Gasteiger partial charge is 0.489 e. The Bertz CT molecular complexity index is 1020. The van der Waals surface area contributed by atoms with Gasteiger partial charge in [-0.15, -0.1) is 0 Å². The fourth-order valence-electron chi connectivity index (χ4n) is 2.64. The Balaban J connectivity index is 1.45. The van der Waals surface area contributed by atoms with Gasteiger partial charge in [0.05, 0.1) is 5.56 Å². The minimum atomic E-state index is -4.47. The van der Waals surface area contributed by atoms with Crippen LogP contribution in [0, 0.1) is 0 Å². The molecule has 0 unspecified atom stereocenters. The monoisotopic (exact) mass is 428 g/mol. The number of hydrogen-bond donors (Lipinski definition) is 2. The van der Waals surface area contributed by atoms with E-state index >= 15 is 0 Å². The van der Waals surface area contributed by atoms with Gasteiger partial charge >= 0.3 is 18.0 Å². The number of hydrogen-bond acceptors (Lipinski definition) is 3. The van der Waals surface area contributed by atoms with E-state index in [0.29, 0.717) is 12.4 Å². The molecule has 2 N–H and O–H groups in total. The van der Waals surface area contributed by atoms with Crippen LogP contribution in [-0.2, 0) is 28.9 Å². The van der Waals surface area contributed by atoms with Crippen molar-refractivity contribution in [1.82, 2.24) is 5.32 Å². The number of benzene rings is 3. The lowest BCUT2D eigenvalue weighted by molar-refractivity contribution is -0.137. The zero-order chi connectivity index (χ0) is 22.3. The molecular weight excluding hydrogens is 409 g/mol. The van der Waals surface area contributed by atoms with Crippen molar-refractivity contribution in [2.45, 2.75) is 19.3 Å². The summed E-state index contributed by atoms with van der Waals surface area (Å²) < 4.78 is 43.4. The van der Waals surface area contributed by atoms with Crippen molar-refractivity contribution >= 4 is 17.5 Å². The first-order valence-corrected chi connectivity index (χ1v) is 9.33. The molecule has 0 aliphatic heterocycles. The number of amides is 2. The first kappa shape index (κ1) is 21.9. The molecule has 3 aromatic rings. The van der Waals surface area contributed by atoms with Gasteiger partial charge in [-0.3, -0.25) is 9.59 Å². The van der Waals surface area contributed by atoms with Crippen LogP contribution in [0.25, 0.3) is 0 Å². The predicted molar refractivity (Wildman–Crippen MR) is 109 cm³/mol. The lowest BCUT2D eigenvalue weighted by atomic mass is 10.2. The van der Waals surface area contributed by atoms with Gasteiger partial charge in [-0.1, -0.05) is 42.5 Å². The van der Waals surface area contributed by atoms with Gasteiger partial charge in [0.25, 0.3) is 0 Å². The Morgan fingerprint density at radius 1 is 0.774 bits per heavy atom. The predicted octanol–water partition coefficient (Wildman–Crippen LogP) is 4.54. The molecule has 3 aromatic carbocycles. The van der Waals surface area contributed by atoms with Gasteiger partial charge in [0, 0.05) is 12.2 Å². The van der Waals surface area contributed by atoms with Crippen molar-refractivity contribution in [3.63, 3.8) is 0 Å². The molecule has 31 heavy (non-hydrogen) atoms. The molecule has 0 atom stereocenters. The highest BCUT2D eigenvalue weighted by molar-refractivity contribution is 6.39. The summed E-state index contributed by atoms with van der Waals surface area (Å²) in [4.78, 5) is 23.9. The Kier molecular flexibility index (Phi) is 6.92. The SMILES string of the molecule is O=C(NCc1ccc(OCc2ccccc2)cc1)C(=O)Nc1ccc(C(F)(F)F)cc1. The lowest BCUT2D eigenvalue weighted by Gasteiger charge is -2.10. The smallest absolute Gasteiger partial charge is 0.416 e. The van der Waals surface area contributed by atoms with E-state index in [1.165, 1.54) is 0 Å². The molecule has 0 spiro atoms. The molecule has 0 bridgehead atoms. The maximum absolute atomic E-state index is 12.6. The molecule has 0 aliphatic rings. The molecule has 2 amide bonds. The van der Waals surface area contributed by atoms with Crippen molar-refractivity contribution < 1.29 is 27.5 Å². The quantitative estimate of drug-likeness (QED) is 0.567. The molecule has 0 aromatic heterocycles. The van der Waals surface area contributed by atoms with E-state index in [0.717, 1.165) is 35.4 Å². The first-order valence-electron chi connectivity index (χ1n) is 9.33. The standard InChI is InChI=1S/C23H19F3N2O3/c24-23(25,26)18-8-10-19(11-9-18)28-22(30)21(29)27-14-16-6-12-20(13-7-16)31-15-17-4-2-1-3-5-17/h1-13H,14-15H2,(H,27,29)(H,28,30). The molecule has 0 fully saturated rings. The second kappa shape index (κ2) is 9.80. The molecule has 0 saturated heterocycles. The Morgan fingerprint density at radius 2 is 1.42 bits per heavy atom. The maximum Gasteiger partial charge on any atom is 0.416 e. The average molecular weight is 428 g/mol. The highest BCUT2D eigenvalue weighted by Crippen LogP contribution is 2.29. The summed E-state index contributed by atoms with van der Waals surface area (Å²) in [6.45, 7) is 0.541. The minimum absolute atomic E-state index is 0.0908. The molecule has 0 radical (unpaired) electrons. The first-order chi connectivity index (χ1) is 14.8. The second-order valence-corrected chi connectivity index (χ2v) is 6.63. The van der Waals surface area contributed by atoms with E-state index in [2.05, 4.69) is 10.6 Å². The molecule has 8 heteroatoms. The Morgan fingerprint density at radius 3 is 2.03 bits per heavy atom. The molecular formula is C23H19F3N2O3. The summed E-state index contributed by atoms with van der Waals surface area (Å²) in [5, 5.41) is 4.72. The number of alkyl halides is 3. The van der Waals surface area contributed by atoms with Crippen LogP contribution >= 0.6 is 0 Å². The third-order valence-electron chi connectivity index (χ3n) is 4.30. The summed E-state index contributed by atoms with van der Waals surface area (Å²) in [6, 6.07) is 20.6. The third-order valence-corrected chi connectivity index (χ3v) is 4.30. The van der Waals surface area contributed by atoms with Crippen LogP contribution in [0.1, 0.15) is 16.7 Å². The average Bonchev–Trinajstić information content (AvgIpc) is 2.77. The van der Waals surface area contributed by atoms with Gasteiger partial charge in [-0.25, -0.2) is 0 Å². The number of carbonyl (C=O) groups is 2. The van der Waals surface area contributed by atoms with E-state index < -0.39 is 23.6 Å². The number of nitrogens with one attached hydrogen (secondary N) is 2. The van der Waals surface area contributed by atoms with Crippen LogP contribution in [-0.4, -0.2) is 11.8 Å². The van der Waals surface area contributed by atoms with Crippen LogP contribution in [0.15, 0.2) is 78.9 Å². The highest BCUT2D eigenvalue weighted by Gasteiger charge is 2.30. The molecule has 160 valence electrons. The normalized spacial score (nSPS) is 10.9. The molecule has 5 nitrogen and oxygen atoms in total. The van der Waals surface area contributed by atoms with Gasteiger partial charge in [-0.05, 0) is 47.5 Å². The van der Waals surface area contributed by atoms with E-state index in [-0.39, 0.29) is 12.2 Å². The fourth-order valence-corrected chi connectivity index (χ4v) is 2.64. The summed E-state index contributed by atoms with van der Waals surface area (Å²) in [6.07, 6.45) is -4.47. The van der Waals surface area contributed by atoms with Crippen LogP contribution in [0.5, 0.6) is 5.75 Å². The van der Waals surface area contributed by atoms with Gasteiger partial charge < -0.3 is 15.4 Å². The van der Waals surface area contributed by atoms with E-state index in [1.807, 2.05) is 30.3 Å². The zero-order valence-electron chi connectivity index (χ0n) is 16.3. The van der Waals surface area contributed by atoms with Gasteiger partial charge in [0.1, 0.15) is 12.4 Å². The second-order valence-electron chi connectivity index (χ2n) is 6.63. The zero-order valence-corrected chi connectivity index (χ0v) is 16.3. The number of carbonyl (C=O) groups excluding carboxylic acids is 2. The minimum Gasteiger partial charge on any atom is -0.489 e. The molecule has 0 heterocycles. The summed E-state index contributed by atoms with van der Waals surface area (Å²) >= 11 is 0. The van der Waals surface area contributed by atoms with E-state index in [1.54, 1.807) is 24.3 Å². The fraction of sp³-hybridized carbons (Fsp3) is 0.130. The number of anilines is 1. The van der Waals surface area contributed by atoms with E-state index in [4.69, 9.17) is 4.74 Å². The van der Waals surface area contributed by atoms with Gasteiger partial charge in [0.2, 0.25) is 0 Å². The van der Waals surface area contributed by atoms with Crippen molar-refractivity contribution in [2.75, 3.05) is 5.32 Å². The summed E-state index contributed by atoms with van der Waals surface area (Å²) in [5.74, 6) is -1.20. The molecule has 0 aliphatic carbocycles.